The molecular weight excluding hydrogens is 899 g/mol. The molecule has 2 fully saturated rings. The topological polar surface area (TPSA) is 348 Å². The van der Waals surface area contributed by atoms with Crippen LogP contribution in [0.1, 0.15) is 82.8 Å². The molecule has 2 aliphatic heterocycles. The van der Waals surface area contributed by atoms with Crippen LogP contribution in [0.15, 0.2) is 54.6 Å². The summed E-state index contributed by atoms with van der Waals surface area (Å²) in [6.07, 6.45) is 1.30. The van der Waals surface area contributed by atoms with Crippen LogP contribution in [0.4, 0.5) is 0 Å². The number of phenolic OH excluding ortho intramolecular Hbond substituents is 1. The largest absolute Gasteiger partial charge is 0.508 e. The first-order valence-corrected chi connectivity index (χ1v) is 23.4. The number of unbranched alkanes of at least 4 members (excludes halogenated alkanes) is 1. The van der Waals surface area contributed by atoms with Crippen LogP contribution >= 0.6 is 0 Å². The van der Waals surface area contributed by atoms with Gasteiger partial charge in [-0.15, -0.1) is 0 Å². The summed E-state index contributed by atoms with van der Waals surface area (Å²) in [7, 11) is 0. The van der Waals surface area contributed by atoms with Gasteiger partial charge in [-0.2, -0.15) is 0 Å². The summed E-state index contributed by atoms with van der Waals surface area (Å²) in [6, 6.07) is 4.35. The van der Waals surface area contributed by atoms with Crippen molar-refractivity contribution in [1.82, 2.24) is 42.1 Å². The molecule has 2 saturated heterocycles. The maximum absolute atomic E-state index is 14.5. The van der Waals surface area contributed by atoms with E-state index in [2.05, 4.69) is 37.2 Å². The molecule has 0 saturated carbocycles. The fourth-order valence-electron chi connectivity index (χ4n) is 8.15. The van der Waals surface area contributed by atoms with Gasteiger partial charge in [0.05, 0.1) is 12.6 Å². The number of likely N-dealkylation sites (tertiary alicyclic amines) is 1. The molecular formula is C47H67N9O13. The normalized spacial score (nSPS) is 18.1. The van der Waals surface area contributed by atoms with Gasteiger partial charge in [-0.1, -0.05) is 56.3 Å². The minimum atomic E-state index is -1.55. The second-order valence-electron chi connectivity index (χ2n) is 17.7. The minimum Gasteiger partial charge on any atom is -0.508 e. The molecule has 0 bridgehead atoms. The third-order valence-electron chi connectivity index (χ3n) is 12.0. The maximum atomic E-state index is 14.5. The van der Waals surface area contributed by atoms with Crippen molar-refractivity contribution < 1.29 is 63.6 Å². The number of phenols is 1. The Kier molecular flexibility index (Phi) is 21.8. The molecule has 2 aliphatic rings. The Morgan fingerprint density at radius 1 is 0.681 bits per heavy atom. The number of aliphatic carboxylic acids is 2. The maximum Gasteiger partial charge on any atom is 0.326 e. The van der Waals surface area contributed by atoms with Gasteiger partial charge < -0.3 is 68.3 Å². The van der Waals surface area contributed by atoms with Crippen molar-refractivity contribution in [2.75, 3.05) is 26.2 Å². The average molecular weight is 966 g/mol. The Hall–Kier alpha value is -6.65. The molecule has 7 amide bonds. The fourth-order valence-corrected chi connectivity index (χ4v) is 8.15. The molecule has 4 rings (SSSR count). The van der Waals surface area contributed by atoms with Crippen LogP contribution in [0.5, 0.6) is 5.75 Å². The first kappa shape index (κ1) is 55.0. The quantitative estimate of drug-likeness (QED) is 0.0456. The van der Waals surface area contributed by atoms with Crippen LogP contribution < -0.4 is 43.0 Å². The standard InChI is InChI=1S/C47H67N9O13/c1-27(2)39(47(68)69)55-43(64)35(24-28-10-4-3-5-11-28)53-45(66)37-14-9-23-56(37)46(67)33(19-20-38(59)60)51-42(63)34(25-29-15-17-30(58)18-16-29)52-41(62)32(12-6-7-21-48)50-44(65)36(26-57)54-40(61)31-13-8-22-49-31/h3-5,10-11,15-18,27,31-37,39,49,57-58H,6-9,12-14,19-26,48H2,1-2H3,(H,50,65)(H,51,63)(H,52,62)(H,53,66)(H,54,61)(H,55,64)(H,59,60)(H,68,69)/t31-,32-,33-,34-,35-,36-,37-,39-/m0/s1. The summed E-state index contributed by atoms with van der Waals surface area (Å²) < 4.78 is 0. The van der Waals surface area contributed by atoms with Gasteiger partial charge >= 0.3 is 11.9 Å². The Morgan fingerprint density at radius 3 is 1.86 bits per heavy atom. The number of hydrogen-bond acceptors (Lipinski definition) is 13. The van der Waals surface area contributed by atoms with E-state index in [1.807, 2.05) is 0 Å². The molecule has 2 heterocycles. The lowest BCUT2D eigenvalue weighted by Gasteiger charge is -2.31. The number of carbonyl (C=O) groups is 9. The van der Waals surface area contributed by atoms with E-state index in [1.165, 1.54) is 29.2 Å². The van der Waals surface area contributed by atoms with Crippen molar-refractivity contribution in [3.63, 3.8) is 0 Å². The van der Waals surface area contributed by atoms with Crippen LogP contribution in [0.25, 0.3) is 0 Å². The smallest absolute Gasteiger partial charge is 0.326 e. The van der Waals surface area contributed by atoms with Crippen LogP contribution in [-0.2, 0) is 56.0 Å². The predicted molar refractivity (Wildman–Crippen MR) is 249 cm³/mol. The molecule has 0 unspecified atom stereocenters. The number of nitrogens with two attached hydrogens (primary N) is 1. The van der Waals surface area contributed by atoms with E-state index in [-0.39, 0.29) is 44.5 Å². The second kappa shape index (κ2) is 27.4. The zero-order valence-corrected chi connectivity index (χ0v) is 39.0. The van der Waals surface area contributed by atoms with Crippen LogP contribution in [0, 0.1) is 5.92 Å². The lowest BCUT2D eigenvalue weighted by molar-refractivity contribution is -0.145. The number of rotatable bonds is 27. The summed E-state index contributed by atoms with van der Waals surface area (Å²) >= 11 is 0. The Balaban J connectivity index is 1.58. The first-order valence-electron chi connectivity index (χ1n) is 23.4. The summed E-state index contributed by atoms with van der Waals surface area (Å²) in [5.41, 5.74) is 6.80. The zero-order chi connectivity index (χ0) is 50.6. The zero-order valence-electron chi connectivity index (χ0n) is 39.0. The summed E-state index contributed by atoms with van der Waals surface area (Å²) in [4.78, 5) is 122. The summed E-state index contributed by atoms with van der Waals surface area (Å²) in [5.74, 6) is -8.63. The Labute approximate surface area is 400 Å². The predicted octanol–water partition coefficient (Wildman–Crippen LogP) is -1.44. The minimum absolute atomic E-state index is 0.0185. The number of carbonyl (C=O) groups excluding carboxylic acids is 7. The number of carboxylic acids is 2. The molecule has 22 nitrogen and oxygen atoms in total. The van der Waals surface area contributed by atoms with Crippen molar-refractivity contribution in [2.45, 2.75) is 133 Å². The Morgan fingerprint density at radius 2 is 1.26 bits per heavy atom. The number of nitrogens with zero attached hydrogens (tertiary/aromatic N) is 1. The number of hydrogen-bond donors (Lipinski definition) is 12. The Bertz CT molecular complexity index is 2090. The number of nitrogens with one attached hydrogen (secondary N) is 7. The highest BCUT2D eigenvalue weighted by molar-refractivity contribution is 5.98. The van der Waals surface area contributed by atoms with Gasteiger partial charge in [-0.3, -0.25) is 38.4 Å². The number of amides is 7. The van der Waals surface area contributed by atoms with E-state index < -0.39 is 127 Å². The van der Waals surface area contributed by atoms with E-state index in [9.17, 15) is 63.6 Å². The van der Waals surface area contributed by atoms with Crippen LogP contribution in [0.3, 0.4) is 0 Å². The third-order valence-corrected chi connectivity index (χ3v) is 12.0. The molecule has 8 atom stereocenters. The number of aliphatic hydroxyl groups excluding tert-OH is 1. The molecule has 0 aliphatic carbocycles. The van der Waals surface area contributed by atoms with E-state index >= 15 is 0 Å². The van der Waals surface area contributed by atoms with Crippen molar-refractivity contribution in [3.05, 3.63) is 65.7 Å². The van der Waals surface area contributed by atoms with Crippen molar-refractivity contribution in [1.29, 1.82) is 0 Å². The molecule has 0 aromatic heterocycles. The number of aromatic hydroxyl groups is 1. The average Bonchev–Trinajstić information content (AvgIpc) is 4.05. The van der Waals surface area contributed by atoms with E-state index in [4.69, 9.17) is 5.73 Å². The third kappa shape index (κ3) is 17.1. The van der Waals surface area contributed by atoms with E-state index in [0.717, 1.165) is 6.42 Å². The monoisotopic (exact) mass is 965 g/mol. The fraction of sp³-hybridized carbons (Fsp3) is 0.553. The van der Waals surface area contributed by atoms with Gasteiger partial charge in [-0.05, 0) is 93.6 Å². The summed E-state index contributed by atoms with van der Waals surface area (Å²) in [6.45, 7) is 3.34. The van der Waals surface area contributed by atoms with E-state index in [0.29, 0.717) is 43.4 Å². The number of benzene rings is 2. The van der Waals surface area contributed by atoms with E-state index in [1.54, 1.807) is 44.2 Å². The molecule has 13 N–H and O–H groups in total. The molecule has 0 radical (unpaired) electrons. The van der Waals surface area contributed by atoms with Gasteiger partial charge in [0.25, 0.3) is 0 Å². The molecule has 0 spiro atoms. The molecule has 69 heavy (non-hydrogen) atoms. The van der Waals surface area contributed by atoms with Gasteiger partial charge in [0, 0.05) is 25.8 Å². The second-order valence-corrected chi connectivity index (χ2v) is 17.7. The van der Waals surface area contributed by atoms with Crippen LogP contribution in [0.2, 0.25) is 0 Å². The van der Waals surface area contributed by atoms with Gasteiger partial charge in [0.1, 0.15) is 48.0 Å². The van der Waals surface area contributed by atoms with Gasteiger partial charge in [0.15, 0.2) is 0 Å². The highest BCUT2D eigenvalue weighted by Gasteiger charge is 2.41. The van der Waals surface area contributed by atoms with Crippen molar-refractivity contribution >= 4 is 53.3 Å². The van der Waals surface area contributed by atoms with Gasteiger partial charge in [0.2, 0.25) is 41.4 Å². The summed E-state index contributed by atoms with van der Waals surface area (Å²) in [5, 5.41) is 57.9. The SMILES string of the molecule is CC(C)[C@H](NC(=O)[C@H](Cc1ccccc1)NC(=O)[C@@H]1CCCN1C(=O)[C@H](CCC(=O)O)NC(=O)[C@H](Cc1ccc(O)cc1)NC(=O)[C@H](CCCCN)NC(=O)[C@H](CO)NC(=O)[C@@H]1CCCN1)C(=O)O. The highest BCUT2D eigenvalue weighted by Crippen LogP contribution is 2.21. The lowest BCUT2D eigenvalue weighted by Crippen LogP contribution is -2.60. The number of carboxylic acid groups (broad SMARTS) is 2. The molecule has 378 valence electrons. The van der Waals surface area contributed by atoms with Crippen LogP contribution in [-0.4, -0.2) is 153 Å². The molecule has 2 aromatic carbocycles. The lowest BCUT2D eigenvalue weighted by atomic mass is 10.0. The van der Waals surface area contributed by atoms with Gasteiger partial charge in [-0.25, -0.2) is 4.79 Å². The number of aliphatic hydroxyl groups is 1. The van der Waals surface area contributed by atoms with Crippen molar-refractivity contribution in [3.8, 4) is 5.75 Å². The molecule has 22 heteroatoms. The molecule has 2 aromatic rings. The van der Waals surface area contributed by atoms with Crippen molar-refractivity contribution in [2.24, 2.45) is 11.7 Å². The first-order chi connectivity index (χ1) is 32.9. The highest BCUT2D eigenvalue weighted by atomic mass is 16.4.